The van der Waals surface area contributed by atoms with Gasteiger partial charge < -0.3 is 19.5 Å². The summed E-state index contributed by atoms with van der Waals surface area (Å²) in [7, 11) is 0. The molecule has 35 heavy (non-hydrogen) atoms. The number of halogens is 3. The largest absolute Gasteiger partial charge is 0.573 e. The average molecular weight is 479 g/mol. The molecule has 4 nitrogen and oxygen atoms in total. The number of aliphatic hydroxyl groups excluding tert-OH is 1. The van der Waals surface area contributed by atoms with Crippen LogP contribution in [0, 0.1) is 0 Å². The van der Waals surface area contributed by atoms with Gasteiger partial charge in [-0.1, -0.05) is 66.7 Å². The van der Waals surface area contributed by atoms with Crippen molar-refractivity contribution in [2.45, 2.75) is 19.0 Å². The van der Waals surface area contributed by atoms with Crippen LogP contribution >= 0.6 is 0 Å². The highest BCUT2D eigenvalue weighted by Gasteiger charge is 2.31. The SMILES string of the molecule is OC(CN(Cc1cccc(OC(F)(F)F)c1)c1cccc(Oc2ccccc2)c1)c1ccccc1. The van der Waals surface area contributed by atoms with E-state index >= 15 is 0 Å². The van der Waals surface area contributed by atoms with Gasteiger partial charge in [0.1, 0.15) is 17.2 Å². The van der Waals surface area contributed by atoms with Gasteiger partial charge in [0.15, 0.2) is 0 Å². The summed E-state index contributed by atoms with van der Waals surface area (Å²) in [6.07, 6.45) is -5.59. The van der Waals surface area contributed by atoms with Crippen LogP contribution < -0.4 is 14.4 Å². The zero-order chi connectivity index (χ0) is 24.7. The second-order valence-electron chi connectivity index (χ2n) is 7.91. The minimum absolute atomic E-state index is 0.211. The number of anilines is 1. The van der Waals surface area contributed by atoms with E-state index in [0.29, 0.717) is 17.1 Å². The molecule has 4 rings (SSSR count). The van der Waals surface area contributed by atoms with Crippen molar-refractivity contribution in [3.63, 3.8) is 0 Å². The maximum atomic E-state index is 12.7. The van der Waals surface area contributed by atoms with Crippen LogP contribution in [0.25, 0.3) is 0 Å². The molecule has 180 valence electrons. The number of hydrogen-bond acceptors (Lipinski definition) is 4. The van der Waals surface area contributed by atoms with Crippen LogP contribution in [0.4, 0.5) is 18.9 Å². The fraction of sp³-hybridized carbons (Fsp3) is 0.143. The van der Waals surface area contributed by atoms with Crippen molar-refractivity contribution in [1.82, 2.24) is 0 Å². The summed E-state index contributed by atoms with van der Waals surface area (Å²) < 4.78 is 48.1. The molecule has 0 amide bonds. The van der Waals surface area contributed by atoms with Gasteiger partial charge in [0.05, 0.1) is 6.10 Å². The molecule has 7 heteroatoms. The molecule has 0 aromatic heterocycles. The lowest BCUT2D eigenvalue weighted by Gasteiger charge is -2.28. The van der Waals surface area contributed by atoms with Crippen molar-refractivity contribution in [3.05, 3.63) is 120 Å². The maximum absolute atomic E-state index is 12.7. The van der Waals surface area contributed by atoms with E-state index in [1.165, 1.54) is 18.2 Å². The molecule has 0 aliphatic heterocycles. The zero-order valence-corrected chi connectivity index (χ0v) is 18.7. The molecule has 0 aliphatic rings. The van der Waals surface area contributed by atoms with Crippen LogP contribution in [0.5, 0.6) is 17.2 Å². The van der Waals surface area contributed by atoms with E-state index < -0.39 is 12.5 Å². The molecule has 4 aromatic rings. The topological polar surface area (TPSA) is 41.9 Å². The third-order valence-corrected chi connectivity index (χ3v) is 5.24. The number of rotatable bonds is 9. The van der Waals surface area contributed by atoms with Gasteiger partial charge in [0.2, 0.25) is 0 Å². The molecule has 1 N–H and O–H groups in total. The molecule has 4 aromatic carbocycles. The Morgan fingerprint density at radius 2 is 1.34 bits per heavy atom. The first-order chi connectivity index (χ1) is 16.9. The van der Waals surface area contributed by atoms with E-state index in [4.69, 9.17) is 4.74 Å². The Bertz CT molecular complexity index is 1220. The minimum atomic E-state index is -4.77. The predicted octanol–water partition coefficient (Wildman–Crippen LogP) is 7.12. The van der Waals surface area contributed by atoms with Crippen LogP contribution in [0.15, 0.2) is 109 Å². The van der Waals surface area contributed by atoms with E-state index in [9.17, 15) is 18.3 Å². The Balaban J connectivity index is 1.61. The Kier molecular flexibility index (Phi) is 7.57. The molecule has 0 radical (unpaired) electrons. The van der Waals surface area contributed by atoms with Gasteiger partial charge in [-0.15, -0.1) is 13.2 Å². The fourth-order valence-electron chi connectivity index (χ4n) is 3.68. The van der Waals surface area contributed by atoms with Gasteiger partial charge in [0.25, 0.3) is 0 Å². The average Bonchev–Trinajstić information content (AvgIpc) is 2.84. The van der Waals surface area contributed by atoms with Crippen LogP contribution in [-0.2, 0) is 6.54 Å². The number of ether oxygens (including phenoxy) is 2. The first kappa shape index (κ1) is 24.2. The summed E-state index contributed by atoms with van der Waals surface area (Å²) in [5.41, 5.74) is 2.08. The first-order valence-corrected chi connectivity index (χ1v) is 11.0. The van der Waals surface area contributed by atoms with E-state index in [1.54, 1.807) is 6.07 Å². The Hall–Kier alpha value is -3.97. The highest BCUT2D eigenvalue weighted by Crippen LogP contribution is 2.30. The highest BCUT2D eigenvalue weighted by molar-refractivity contribution is 5.52. The number of nitrogens with zero attached hydrogens (tertiary/aromatic N) is 1. The molecule has 0 heterocycles. The van der Waals surface area contributed by atoms with Crippen LogP contribution in [0.1, 0.15) is 17.2 Å². The molecule has 0 spiro atoms. The smallest absolute Gasteiger partial charge is 0.457 e. The lowest BCUT2D eigenvalue weighted by Crippen LogP contribution is -2.28. The molecular formula is C28H24F3NO3. The third-order valence-electron chi connectivity index (χ3n) is 5.24. The Labute approximate surface area is 201 Å². The molecule has 0 saturated carbocycles. The van der Waals surface area contributed by atoms with Gasteiger partial charge in [-0.25, -0.2) is 0 Å². The summed E-state index contributed by atoms with van der Waals surface area (Å²) >= 11 is 0. The van der Waals surface area contributed by atoms with Crippen LogP contribution in [-0.4, -0.2) is 18.0 Å². The van der Waals surface area contributed by atoms with E-state index in [2.05, 4.69) is 4.74 Å². The highest BCUT2D eigenvalue weighted by atomic mass is 19.4. The Morgan fingerprint density at radius 1 is 0.714 bits per heavy atom. The molecular weight excluding hydrogens is 455 g/mol. The quantitative estimate of drug-likeness (QED) is 0.278. The van der Waals surface area contributed by atoms with Gasteiger partial charge in [-0.3, -0.25) is 0 Å². The van der Waals surface area contributed by atoms with Crippen molar-refractivity contribution in [1.29, 1.82) is 0 Å². The number of aliphatic hydroxyl groups is 1. The monoisotopic (exact) mass is 479 g/mol. The van der Waals surface area contributed by atoms with Crippen molar-refractivity contribution < 1.29 is 27.8 Å². The molecule has 0 saturated heterocycles. The maximum Gasteiger partial charge on any atom is 0.573 e. The first-order valence-electron chi connectivity index (χ1n) is 11.0. The lowest BCUT2D eigenvalue weighted by molar-refractivity contribution is -0.274. The number of hydrogen-bond donors (Lipinski definition) is 1. The number of para-hydroxylation sites is 1. The van der Waals surface area contributed by atoms with E-state index in [0.717, 1.165) is 11.3 Å². The third kappa shape index (κ3) is 7.25. The number of alkyl halides is 3. The standard InChI is InChI=1S/C28H24F3NO3/c29-28(30,31)35-26-16-7-9-21(17-26)19-32(20-27(33)22-10-3-1-4-11-22)23-12-8-15-25(18-23)34-24-13-5-2-6-14-24/h1-18,27,33H,19-20H2. The van der Waals surface area contributed by atoms with Crippen molar-refractivity contribution in [2.24, 2.45) is 0 Å². The second kappa shape index (κ2) is 11.0. The second-order valence-corrected chi connectivity index (χ2v) is 7.91. The summed E-state index contributed by atoms with van der Waals surface area (Å²) in [6, 6.07) is 31.7. The summed E-state index contributed by atoms with van der Waals surface area (Å²) in [5, 5.41) is 10.9. The van der Waals surface area contributed by atoms with Crippen LogP contribution in [0.2, 0.25) is 0 Å². The van der Waals surface area contributed by atoms with Crippen molar-refractivity contribution >= 4 is 5.69 Å². The van der Waals surface area contributed by atoms with Gasteiger partial charge in [-0.05, 0) is 47.5 Å². The predicted molar refractivity (Wildman–Crippen MR) is 129 cm³/mol. The van der Waals surface area contributed by atoms with Crippen LogP contribution in [0.3, 0.4) is 0 Å². The Morgan fingerprint density at radius 3 is 2.06 bits per heavy atom. The summed E-state index contributed by atoms with van der Waals surface area (Å²) in [5.74, 6) is 0.985. The van der Waals surface area contributed by atoms with Gasteiger partial charge >= 0.3 is 6.36 Å². The van der Waals surface area contributed by atoms with E-state index in [1.807, 2.05) is 89.8 Å². The fourth-order valence-corrected chi connectivity index (χ4v) is 3.68. The minimum Gasteiger partial charge on any atom is -0.457 e. The summed E-state index contributed by atoms with van der Waals surface area (Å²) in [6.45, 7) is 0.455. The van der Waals surface area contributed by atoms with Crippen molar-refractivity contribution in [2.75, 3.05) is 11.4 Å². The van der Waals surface area contributed by atoms with E-state index in [-0.39, 0.29) is 18.8 Å². The van der Waals surface area contributed by atoms with Gasteiger partial charge in [0, 0.05) is 24.8 Å². The molecule has 0 aliphatic carbocycles. The zero-order valence-electron chi connectivity index (χ0n) is 18.7. The normalized spacial score (nSPS) is 12.1. The number of benzene rings is 4. The summed E-state index contributed by atoms with van der Waals surface area (Å²) in [4.78, 5) is 1.89. The molecule has 1 atom stereocenters. The molecule has 1 unspecified atom stereocenters. The van der Waals surface area contributed by atoms with Gasteiger partial charge in [-0.2, -0.15) is 0 Å². The molecule has 0 bridgehead atoms. The van der Waals surface area contributed by atoms with Crippen molar-refractivity contribution in [3.8, 4) is 17.2 Å². The lowest BCUT2D eigenvalue weighted by atomic mass is 10.1. The molecule has 0 fully saturated rings.